The summed E-state index contributed by atoms with van der Waals surface area (Å²) in [4.78, 5) is 22.8. The molecule has 0 amide bonds. The summed E-state index contributed by atoms with van der Waals surface area (Å²) in [6.07, 6.45) is 5.56. The first-order chi connectivity index (χ1) is 15.8. The van der Waals surface area contributed by atoms with E-state index in [0.717, 1.165) is 81.3 Å². The second-order valence-electron chi connectivity index (χ2n) is 8.16. The smallest absolute Gasteiger partial charge is 0.223 e. The number of fused-ring (bicyclic) bond motifs is 1. The third-order valence-electron chi connectivity index (χ3n) is 6.13. The molecule has 0 unspecified atom stereocenters. The van der Waals surface area contributed by atoms with E-state index in [9.17, 15) is 0 Å². The molecule has 0 saturated carbocycles. The van der Waals surface area contributed by atoms with Crippen molar-refractivity contribution >= 4 is 28.5 Å². The number of nitriles is 1. The zero-order valence-electron chi connectivity index (χ0n) is 17.9. The van der Waals surface area contributed by atoms with Crippen molar-refractivity contribution in [3.8, 4) is 6.07 Å². The molecule has 3 aromatic rings. The highest BCUT2D eigenvalue weighted by molar-refractivity contribution is 5.91. The van der Waals surface area contributed by atoms with E-state index in [4.69, 9.17) is 15.0 Å². The summed E-state index contributed by atoms with van der Waals surface area (Å²) in [5.41, 5.74) is 1.36. The van der Waals surface area contributed by atoms with E-state index in [-0.39, 0.29) is 0 Å². The molecule has 0 aliphatic carbocycles. The number of hydrogen-bond donors (Lipinski definition) is 1. The van der Waals surface area contributed by atoms with Gasteiger partial charge in [0.05, 0.1) is 18.7 Å². The Kier molecular flexibility index (Phi) is 5.94. The predicted molar refractivity (Wildman–Crippen MR) is 123 cm³/mol. The number of hydrogen-bond acceptors (Lipinski definition) is 9. The monoisotopic (exact) mass is 430 g/mol. The second-order valence-corrected chi connectivity index (χ2v) is 8.16. The van der Waals surface area contributed by atoms with Gasteiger partial charge in [0.15, 0.2) is 0 Å². The minimum atomic E-state index is 0.379. The minimum absolute atomic E-state index is 0.379. The first kappa shape index (κ1) is 20.4. The van der Waals surface area contributed by atoms with Crippen LogP contribution in [0.2, 0.25) is 0 Å². The van der Waals surface area contributed by atoms with Crippen LogP contribution in [-0.2, 0) is 4.74 Å². The van der Waals surface area contributed by atoms with E-state index in [1.54, 1.807) is 12.3 Å². The lowest BCUT2D eigenvalue weighted by Gasteiger charge is -2.34. The Morgan fingerprint density at radius 3 is 2.69 bits per heavy atom. The highest BCUT2D eigenvalue weighted by Gasteiger charge is 2.24. The number of nitrogens with one attached hydrogen (secondary N) is 1. The Hall–Kier alpha value is -3.51. The number of piperidine rings is 1. The van der Waals surface area contributed by atoms with Crippen LogP contribution in [0, 0.1) is 17.2 Å². The molecule has 5 rings (SSSR count). The number of pyridine rings is 2. The van der Waals surface area contributed by atoms with Crippen LogP contribution in [0.15, 0.2) is 36.7 Å². The van der Waals surface area contributed by atoms with Crippen LogP contribution in [0.1, 0.15) is 18.5 Å². The number of ether oxygens (including phenoxy) is 1. The number of rotatable bonds is 5. The van der Waals surface area contributed by atoms with Crippen LogP contribution in [-0.4, -0.2) is 65.9 Å². The van der Waals surface area contributed by atoms with Gasteiger partial charge in [0, 0.05) is 56.6 Å². The van der Waals surface area contributed by atoms with Crippen molar-refractivity contribution in [1.29, 1.82) is 5.26 Å². The molecule has 2 aliphatic rings. The molecule has 0 radical (unpaired) electrons. The van der Waals surface area contributed by atoms with Gasteiger partial charge < -0.3 is 19.9 Å². The predicted octanol–water partition coefficient (Wildman–Crippen LogP) is 2.46. The fourth-order valence-electron chi connectivity index (χ4n) is 4.33. The SMILES string of the molecule is N#Cc1ccnc(NCC2CCN(c3nc(N4CCOCC4)cc4ncccc34)CC2)n1. The highest BCUT2D eigenvalue weighted by atomic mass is 16.5. The summed E-state index contributed by atoms with van der Waals surface area (Å²) in [7, 11) is 0. The van der Waals surface area contributed by atoms with E-state index in [0.29, 0.717) is 17.6 Å². The Bertz CT molecular complexity index is 1120. The van der Waals surface area contributed by atoms with Crippen molar-refractivity contribution in [3.63, 3.8) is 0 Å². The van der Waals surface area contributed by atoms with Crippen LogP contribution >= 0.6 is 0 Å². The van der Waals surface area contributed by atoms with E-state index >= 15 is 0 Å². The molecule has 32 heavy (non-hydrogen) atoms. The van der Waals surface area contributed by atoms with Gasteiger partial charge in [-0.25, -0.2) is 15.0 Å². The molecule has 0 atom stereocenters. The zero-order valence-corrected chi connectivity index (χ0v) is 17.9. The van der Waals surface area contributed by atoms with Gasteiger partial charge in [-0.1, -0.05) is 0 Å². The van der Waals surface area contributed by atoms with Crippen molar-refractivity contribution in [2.45, 2.75) is 12.8 Å². The van der Waals surface area contributed by atoms with Crippen molar-refractivity contribution in [1.82, 2.24) is 19.9 Å². The van der Waals surface area contributed by atoms with Gasteiger partial charge in [-0.05, 0) is 37.0 Å². The summed E-state index contributed by atoms with van der Waals surface area (Å²) >= 11 is 0. The van der Waals surface area contributed by atoms with Gasteiger partial charge in [0.25, 0.3) is 0 Å². The summed E-state index contributed by atoms with van der Waals surface area (Å²) < 4.78 is 5.51. The molecule has 2 fully saturated rings. The minimum Gasteiger partial charge on any atom is -0.378 e. The lowest BCUT2D eigenvalue weighted by atomic mass is 9.96. The topological polar surface area (TPSA) is 103 Å². The first-order valence-electron chi connectivity index (χ1n) is 11.1. The van der Waals surface area contributed by atoms with Crippen molar-refractivity contribution in [2.75, 3.05) is 61.1 Å². The Morgan fingerprint density at radius 1 is 1.03 bits per heavy atom. The summed E-state index contributed by atoms with van der Waals surface area (Å²) in [6.45, 7) is 5.85. The van der Waals surface area contributed by atoms with Crippen molar-refractivity contribution < 1.29 is 4.74 Å². The van der Waals surface area contributed by atoms with E-state index < -0.39 is 0 Å². The lowest BCUT2D eigenvalue weighted by molar-refractivity contribution is 0.122. The molecule has 1 N–H and O–H groups in total. The number of morpholine rings is 1. The largest absolute Gasteiger partial charge is 0.378 e. The maximum Gasteiger partial charge on any atom is 0.223 e. The van der Waals surface area contributed by atoms with E-state index in [2.05, 4.69) is 48.3 Å². The molecule has 2 saturated heterocycles. The van der Waals surface area contributed by atoms with Gasteiger partial charge in [-0.2, -0.15) is 5.26 Å². The molecule has 2 aliphatic heterocycles. The molecular formula is C23H26N8O. The summed E-state index contributed by atoms with van der Waals surface area (Å²) in [5, 5.41) is 13.4. The van der Waals surface area contributed by atoms with Gasteiger partial charge >= 0.3 is 0 Å². The van der Waals surface area contributed by atoms with Crippen LogP contribution < -0.4 is 15.1 Å². The molecule has 3 aromatic heterocycles. The lowest BCUT2D eigenvalue weighted by Crippen LogP contribution is -2.38. The average Bonchev–Trinajstić information content (AvgIpc) is 2.88. The second kappa shape index (κ2) is 9.32. The molecule has 5 heterocycles. The molecule has 0 spiro atoms. The third kappa shape index (κ3) is 4.41. The molecule has 9 heteroatoms. The van der Waals surface area contributed by atoms with Crippen LogP contribution in [0.25, 0.3) is 10.9 Å². The van der Waals surface area contributed by atoms with Crippen LogP contribution in [0.4, 0.5) is 17.6 Å². The molecule has 0 bridgehead atoms. The Morgan fingerprint density at radius 2 is 1.88 bits per heavy atom. The number of nitrogens with zero attached hydrogens (tertiary/aromatic N) is 7. The van der Waals surface area contributed by atoms with E-state index in [1.807, 2.05) is 12.3 Å². The maximum atomic E-state index is 9.00. The standard InChI is InChI=1S/C23H26N8O/c24-15-18-3-7-26-23(28-18)27-16-17-4-8-31(9-5-17)22-19-2-1-6-25-20(19)14-21(29-22)30-10-12-32-13-11-30/h1-3,6-7,14,17H,4-5,8-13,16H2,(H,26,27,28). The van der Waals surface area contributed by atoms with Gasteiger partial charge in [0.1, 0.15) is 23.4 Å². The molecule has 164 valence electrons. The molecule has 0 aromatic carbocycles. The average molecular weight is 431 g/mol. The van der Waals surface area contributed by atoms with Crippen molar-refractivity contribution in [3.05, 3.63) is 42.4 Å². The van der Waals surface area contributed by atoms with Crippen molar-refractivity contribution in [2.24, 2.45) is 5.92 Å². The van der Waals surface area contributed by atoms with Crippen LogP contribution in [0.5, 0.6) is 0 Å². The fraction of sp³-hybridized carbons (Fsp3) is 0.435. The molecular weight excluding hydrogens is 404 g/mol. The van der Waals surface area contributed by atoms with E-state index in [1.165, 1.54) is 0 Å². The van der Waals surface area contributed by atoms with Gasteiger partial charge in [-0.3, -0.25) is 4.98 Å². The quantitative estimate of drug-likeness (QED) is 0.654. The maximum absolute atomic E-state index is 9.00. The first-order valence-corrected chi connectivity index (χ1v) is 11.1. The Balaban J connectivity index is 1.28. The normalized spacial score (nSPS) is 17.3. The highest BCUT2D eigenvalue weighted by Crippen LogP contribution is 2.31. The van der Waals surface area contributed by atoms with Gasteiger partial charge in [-0.15, -0.1) is 0 Å². The number of aromatic nitrogens is 4. The zero-order chi connectivity index (χ0) is 21.8. The fourth-order valence-corrected chi connectivity index (χ4v) is 4.33. The molecule has 9 nitrogen and oxygen atoms in total. The van der Waals surface area contributed by atoms with Crippen LogP contribution in [0.3, 0.4) is 0 Å². The Labute approximate surface area is 187 Å². The number of anilines is 3. The summed E-state index contributed by atoms with van der Waals surface area (Å²) in [6, 6.07) is 9.85. The van der Waals surface area contributed by atoms with Gasteiger partial charge in [0.2, 0.25) is 5.95 Å². The third-order valence-corrected chi connectivity index (χ3v) is 6.13. The summed E-state index contributed by atoms with van der Waals surface area (Å²) in [5.74, 6) is 3.04.